The Balaban J connectivity index is 2.77. The third-order valence-electron chi connectivity index (χ3n) is 1.85. The number of primary sulfonamides is 1. The van der Waals surface area contributed by atoms with Gasteiger partial charge < -0.3 is 5.73 Å². The fourth-order valence-corrected chi connectivity index (χ4v) is 2.69. The first-order chi connectivity index (χ1) is 7.71. The van der Waals surface area contributed by atoms with Crippen LogP contribution in [0.4, 0.5) is 5.69 Å². The number of nitrogens with one attached hydrogen (secondary N) is 1. The molecule has 17 heavy (non-hydrogen) atoms. The predicted molar refractivity (Wildman–Crippen MR) is 64.0 cm³/mol. The summed E-state index contributed by atoms with van der Waals surface area (Å²) in [4.78, 5) is -0.0214. The lowest BCUT2D eigenvalue weighted by Gasteiger charge is -2.06. The van der Waals surface area contributed by atoms with E-state index in [9.17, 15) is 16.8 Å². The summed E-state index contributed by atoms with van der Waals surface area (Å²) < 4.78 is 46.7. The lowest BCUT2D eigenvalue weighted by Crippen LogP contribution is -2.31. The molecule has 1 aromatic rings. The normalized spacial score (nSPS) is 12.5. The fourth-order valence-electron chi connectivity index (χ4n) is 1.08. The first-order valence-electron chi connectivity index (χ1n) is 4.56. The number of anilines is 1. The Bertz CT molecular complexity index is 595. The van der Waals surface area contributed by atoms with E-state index in [1.807, 2.05) is 0 Å². The molecule has 0 saturated carbocycles. The van der Waals surface area contributed by atoms with Crippen molar-refractivity contribution in [1.29, 1.82) is 0 Å². The molecule has 5 N–H and O–H groups in total. The third-order valence-corrected chi connectivity index (χ3v) is 4.08. The van der Waals surface area contributed by atoms with Gasteiger partial charge in [-0.25, -0.2) is 26.7 Å². The van der Waals surface area contributed by atoms with Crippen LogP contribution in [0, 0.1) is 0 Å². The van der Waals surface area contributed by atoms with Gasteiger partial charge in [-0.15, -0.1) is 0 Å². The monoisotopic (exact) mass is 279 g/mol. The topological polar surface area (TPSA) is 132 Å². The lowest BCUT2D eigenvalue weighted by molar-refractivity contribution is 0.581. The maximum absolute atomic E-state index is 11.7. The molecule has 0 aliphatic carbocycles. The van der Waals surface area contributed by atoms with Gasteiger partial charge in [-0.1, -0.05) is 6.07 Å². The summed E-state index contributed by atoms with van der Waals surface area (Å²) in [6, 6.07) is 5.67. The Labute approximate surface area is 99.9 Å². The summed E-state index contributed by atoms with van der Waals surface area (Å²) in [5.74, 6) is -0.464. The van der Waals surface area contributed by atoms with Crippen LogP contribution in [0.5, 0.6) is 0 Å². The van der Waals surface area contributed by atoms with Gasteiger partial charge in [0.15, 0.2) is 0 Å². The van der Waals surface area contributed by atoms with E-state index in [0.29, 0.717) is 5.69 Å². The second kappa shape index (κ2) is 5.00. The highest BCUT2D eigenvalue weighted by atomic mass is 32.2. The second-order valence-electron chi connectivity index (χ2n) is 3.34. The van der Waals surface area contributed by atoms with Crippen LogP contribution in [0.2, 0.25) is 0 Å². The molecule has 0 unspecified atom stereocenters. The molecule has 0 atom stereocenters. The maximum Gasteiger partial charge on any atom is 0.240 e. The van der Waals surface area contributed by atoms with Crippen molar-refractivity contribution in [2.45, 2.75) is 4.90 Å². The number of hydrogen-bond donors (Lipinski definition) is 3. The molecular formula is C8H13N3O4S2. The standard InChI is InChI=1S/C8H13N3O4S2/c9-7-2-1-3-8(6-7)17(14,15)11-4-5-16(10,12)13/h1-3,6,11H,4-5,9H2,(H2,10,12,13). The van der Waals surface area contributed by atoms with Gasteiger partial charge in [-0.05, 0) is 18.2 Å². The molecule has 9 heteroatoms. The molecule has 96 valence electrons. The number of benzene rings is 1. The van der Waals surface area contributed by atoms with E-state index in [1.54, 1.807) is 6.07 Å². The quantitative estimate of drug-likeness (QED) is 0.584. The molecule has 0 radical (unpaired) electrons. The van der Waals surface area contributed by atoms with E-state index in [4.69, 9.17) is 10.9 Å². The van der Waals surface area contributed by atoms with Crippen LogP contribution in [-0.4, -0.2) is 29.1 Å². The van der Waals surface area contributed by atoms with Crippen molar-refractivity contribution in [3.8, 4) is 0 Å². The molecule has 0 amide bonds. The van der Waals surface area contributed by atoms with Crippen LogP contribution in [0.25, 0.3) is 0 Å². The van der Waals surface area contributed by atoms with Gasteiger partial charge in [0, 0.05) is 12.2 Å². The fraction of sp³-hybridized carbons (Fsp3) is 0.250. The highest BCUT2D eigenvalue weighted by molar-refractivity contribution is 7.90. The maximum atomic E-state index is 11.7. The molecule has 0 saturated heterocycles. The van der Waals surface area contributed by atoms with Gasteiger partial charge in [-0.3, -0.25) is 0 Å². The van der Waals surface area contributed by atoms with Crippen LogP contribution in [0.3, 0.4) is 0 Å². The third kappa shape index (κ3) is 4.69. The second-order valence-corrected chi connectivity index (χ2v) is 6.84. The molecule has 0 aromatic heterocycles. The Morgan fingerprint density at radius 1 is 1.18 bits per heavy atom. The van der Waals surface area contributed by atoms with Gasteiger partial charge in [0.25, 0.3) is 0 Å². The van der Waals surface area contributed by atoms with Crippen LogP contribution < -0.4 is 15.6 Å². The average molecular weight is 279 g/mol. The minimum Gasteiger partial charge on any atom is -0.399 e. The molecular weight excluding hydrogens is 266 g/mol. The van der Waals surface area contributed by atoms with Gasteiger partial charge in [-0.2, -0.15) is 0 Å². The largest absolute Gasteiger partial charge is 0.399 e. The van der Waals surface area contributed by atoms with Crippen LogP contribution >= 0.6 is 0 Å². The summed E-state index contributed by atoms with van der Waals surface area (Å²) in [6.45, 7) is -0.282. The molecule has 0 fully saturated rings. The Kier molecular flexibility index (Phi) is 4.09. The van der Waals surface area contributed by atoms with Gasteiger partial charge in [0.2, 0.25) is 20.0 Å². The van der Waals surface area contributed by atoms with Gasteiger partial charge >= 0.3 is 0 Å². The van der Waals surface area contributed by atoms with E-state index < -0.39 is 25.8 Å². The smallest absolute Gasteiger partial charge is 0.240 e. The number of hydrogen-bond acceptors (Lipinski definition) is 5. The van der Waals surface area contributed by atoms with Crippen molar-refractivity contribution >= 4 is 25.7 Å². The number of nitrogen functional groups attached to an aromatic ring is 1. The summed E-state index contributed by atoms with van der Waals surface area (Å²) in [5, 5.41) is 4.75. The molecule has 7 nitrogen and oxygen atoms in total. The zero-order chi connectivity index (χ0) is 13.1. The van der Waals surface area contributed by atoms with Crippen molar-refractivity contribution in [1.82, 2.24) is 4.72 Å². The van der Waals surface area contributed by atoms with Gasteiger partial charge in [0.1, 0.15) is 0 Å². The Morgan fingerprint density at radius 3 is 2.35 bits per heavy atom. The van der Waals surface area contributed by atoms with Crippen LogP contribution in [-0.2, 0) is 20.0 Å². The predicted octanol–water partition coefficient (Wildman–Crippen LogP) is -1.16. The molecule has 1 rings (SSSR count). The summed E-state index contributed by atoms with van der Waals surface area (Å²) in [5.41, 5.74) is 5.75. The highest BCUT2D eigenvalue weighted by Gasteiger charge is 2.14. The average Bonchev–Trinajstić information content (AvgIpc) is 2.15. The Hall–Kier alpha value is -1.16. The van der Waals surface area contributed by atoms with Crippen molar-refractivity contribution in [3.05, 3.63) is 24.3 Å². The lowest BCUT2D eigenvalue weighted by atomic mass is 10.3. The number of rotatable bonds is 5. The van der Waals surface area contributed by atoms with Crippen molar-refractivity contribution < 1.29 is 16.8 Å². The van der Waals surface area contributed by atoms with Gasteiger partial charge in [0.05, 0.1) is 10.6 Å². The minimum absolute atomic E-state index is 0.0214. The summed E-state index contributed by atoms with van der Waals surface area (Å²) in [7, 11) is -7.44. The van der Waals surface area contributed by atoms with Crippen molar-refractivity contribution in [2.24, 2.45) is 5.14 Å². The molecule has 0 heterocycles. The SMILES string of the molecule is Nc1cccc(S(=O)(=O)NCCS(N)(=O)=O)c1. The molecule has 0 bridgehead atoms. The molecule has 0 aliphatic rings. The number of sulfonamides is 2. The number of nitrogens with two attached hydrogens (primary N) is 2. The van der Waals surface area contributed by atoms with E-state index >= 15 is 0 Å². The Morgan fingerprint density at radius 2 is 1.82 bits per heavy atom. The van der Waals surface area contributed by atoms with E-state index in [0.717, 1.165) is 0 Å². The first-order valence-corrected chi connectivity index (χ1v) is 7.76. The van der Waals surface area contributed by atoms with Crippen LogP contribution in [0.15, 0.2) is 29.2 Å². The zero-order valence-electron chi connectivity index (χ0n) is 8.83. The molecule has 1 aromatic carbocycles. The van der Waals surface area contributed by atoms with E-state index in [-0.39, 0.29) is 11.4 Å². The molecule has 0 spiro atoms. The zero-order valence-corrected chi connectivity index (χ0v) is 10.5. The van der Waals surface area contributed by atoms with Crippen LogP contribution in [0.1, 0.15) is 0 Å². The highest BCUT2D eigenvalue weighted by Crippen LogP contribution is 2.12. The van der Waals surface area contributed by atoms with Crippen molar-refractivity contribution in [2.75, 3.05) is 18.0 Å². The van der Waals surface area contributed by atoms with E-state index in [1.165, 1.54) is 18.2 Å². The summed E-state index contributed by atoms with van der Waals surface area (Å²) >= 11 is 0. The summed E-state index contributed by atoms with van der Waals surface area (Å²) in [6.07, 6.45) is 0. The minimum atomic E-state index is -3.76. The van der Waals surface area contributed by atoms with E-state index in [2.05, 4.69) is 4.72 Å². The van der Waals surface area contributed by atoms with Crippen molar-refractivity contribution in [3.63, 3.8) is 0 Å². The molecule has 0 aliphatic heterocycles. The first kappa shape index (κ1) is 13.9.